The first-order valence-electron chi connectivity index (χ1n) is 9.86. The second-order valence-electron chi connectivity index (χ2n) is 7.17. The number of benzene rings is 2. The molecule has 4 rings (SSSR count). The van der Waals surface area contributed by atoms with Crippen molar-refractivity contribution >= 4 is 32.3 Å². The number of pyridine rings is 1. The molecule has 3 aromatic rings. The average molecular weight is 458 g/mol. The second kappa shape index (κ2) is 8.60. The van der Waals surface area contributed by atoms with Crippen molar-refractivity contribution in [2.75, 3.05) is 45.3 Å². The highest BCUT2D eigenvalue weighted by Gasteiger charge is 2.33. The number of aromatic nitrogens is 1. The number of hydrogen-bond donors (Lipinski definition) is 0. The van der Waals surface area contributed by atoms with Gasteiger partial charge in [-0.3, -0.25) is 15.1 Å². The molecule has 0 saturated carbocycles. The smallest absolute Gasteiger partial charge is 0.301 e. The zero-order chi connectivity index (χ0) is 22.9. The summed E-state index contributed by atoms with van der Waals surface area (Å²) < 4.78 is 38.3. The largest absolute Gasteiger partial charge is 0.497 e. The number of hydrogen-bond acceptors (Lipinski definition) is 8. The molecule has 0 atom stereocenters. The molecule has 32 heavy (non-hydrogen) atoms. The standard InChI is InChI=1S/C21H22N4O6S/c1-30-15-5-8-19(31-2)20(14-15)32(28,29)24-12-10-23(11-13-24)18-7-6-17-16(4-3-9-22-17)21(18)25(26)27/h3-9,14H,10-13H2,1-2H3. The number of nitrogens with zero attached hydrogens (tertiary/aromatic N) is 4. The summed E-state index contributed by atoms with van der Waals surface area (Å²) in [5.74, 6) is 0.634. The minimum absolute atomic E-state index is 0.0237. The first kappa shape index (κ1) is 21.8. The highest BCUT2D eigenvalue weighted by atomic mass is 32.2. The maximum Gasteiger partial charge on any atom is 0.301 e. The van der Waals surface area contributed by atoms with Gasteiger partial charge in [0.1, 0.15) is 22.1 Å². The van der Waals surface area contributed by atoms with Crippen LogP contribution in [0.2, 0.25) is 0 Å². The normalized spacial score (nSPS) is 15.0. The monoisotopic (exact) mass is 458 g/mol. The van der Waals surface area contributed by atoms with Gasteiger partial charge in [-0.1, -0.05) is 0 Å². The fraction of sp³-hybridized carbons (Fsp3) is 0.286. The average Bonchev–Trinajstić information content (AvgIpc) is 2.82. The van der Waals surface area contributed by atoms with Crippen LogP contribution >= 0.6 is 0 Å². The van der Waals surface area contributed by atoms with Gasteiger partial charge in [0, 0.05) is 38.4 Å². The van der Waals surface area contributed by atoms with E-state index in [2.05, 4.69) is 4.98 Å². The lowest BCUT2D eigenvalue weighted by molar-refractivity contribution is -0.382. The van der Waals surface area contributed by atoms with E-state index >= 15 is 0 Å². The molecule has 2 aromatic carbocycles. The highest BCUT2D eigenvalue weighted by Crippen LogP contribution is 2.36. The second-order valence-corrected chi connectivity index (χ2v) is 9.07. The lowest BCUT2D eigenvalue weighted by atomic mass is 10.1. The maximum absolute atomic E-state index is 13.3. The predicted octanol–water partition coefficient (Wildman–Crippen LogP) is 2.67. The summed E-state index contributed by atoms with van der Waals surface area (Å²) in [5, 5.41) is 12.3. The number of sulfonamides is 1. The number of ether oxygens (including phenoxy) is 2. The van der Waals surface area contributed by atoms with Crippen LogP contribution in [-0.2, 0) is 10.0 Å². The third-order valence-electron chi connectivity index (χ3n) is 5.49. The molecule has 0 unspecified atom stereocenters. The molecule has 11 heteroatoms. The van der Waals surface area contributed by atoms with Crippen LogP contribution in [-0.4, -0.2) is 63.0 Å². The highest BCUT2D eigenvalue weighted by molar-refractivity contribution is 7.89. The summed E-state index contributed by atoms with van der Waals surface area (Å²) in [7, 11) is -0.976. The Morgan fingerprint density at radius 2 is 1.78 bits per heavy atom. The first-order valence-corrected chi connectivity index (χ1v) is 11.3. The van der Waals surface area contributed by atoms with Crippen molar-refractivity contribution in [3.05, 3.63) is 58.8 Å². The molecule has 0 radical (unpaired) electrons. The van der Waals surface area contributed by atoms with Gasteiger partial charge in [0.25, 0.3) is 0 Å². The van der Waals surface area contributed by atoms with Gasteiger partial charge in [-0.25, -0.2) is 8.42 Å². The molecule has 10 nitrogen and oxygen atoms in total. The molecule has 1 aliphatic rings. The van der Waals surface area contributed by atoms with E-state index in [-0.39, 0.29) is 29.4 Å². The molecule has 168 valence electrons. The maximum atomic E-state index is 13.3. The summed E-state index contributed by atoms with van der Waals surface area (Å²) in [4.78, 5) is 17.5. The molecular formula is C21H22N4O6S. The van der Waals surface area contributed by atoms with Gasteiger partial charge in [0.2, 0.25) is 10.0 Å². The summed E-state index contributed by atoms with van der Waals surface area (Å²) in [6.45, 7) is 0.950. The van der Waals surface area contributed by atoms with Crippen LogP contribution in [0, 0.1) is 10.1 Å². The van der Waals surface area contributed by atoms with Crippen LogP contribution in [0.3, 0.4) is 0 Å². The number of methoxy groups -OCH3 is 2. The number of nitro groups is 1. The van der Waals surface area contributed by atoms with Crippen LogP contribution in [0.5, 0.6) is 11.5 Å². The van der Waals surface area contributed by atoms with Gasteiger partial charge < -0.3 is 14.4 Å². The van der Waals surface area contributed by atoms with Crippen molar-refractivity contribution in [2.24, 2.45) is 0 Å². The Morgan fingerprint density at radius 3 is 2.44 bits per heavy atom. The molecule has 0 aliphatic carbocycles. The van der Waals surface area contributed by atoms with E-state index in [9.17, 15) is 18.5 Å². The van der Waals surface area contributed by atoms with Crippen molar-refractivity contribution < 1.29 is 22.8 Å². The molecule has 1 aliphatic heterocycles. The summed E-state index contributed by atoms with van der Waals surface area (Å²) in [6.07, 6.45) is 1.59. The van der Waals surface area contributed by atoms with E-state index in [4.69, 9.17) is 9.47 Å². The Labute approximate surface area is 185 Å². The first-order chi connectivity index (χ1) is 15.4. The number of fused-ring (bicyclic) bond motifs is 1. The van der Waals surface area contributed by atoms with Crippen LogP contribution < -0.4 is 14.4 Å². The minimum Gasteiger partial charge on any atom is -0.497 e. The van der Waals surface area contributed by atoms with E-state index in [0.29, 0.717) is 35.4 Å². The molecule has 2 heterocycles. The van der Waals surface area contributed by atoms with Gasteiger partial charge in [-0.15, -0.1) is 0 Å². The zero-order valence-corrected chi connectivity index (χ0v) is 18.4. The van der Waals surface area contributed by atoms with Crippen molar-refractivity contribution in [1.82, 2.24) is 9.29 Å². The fourth-order valence-electron chi connectivity index (χ4n) is 3.87. The molecule has 1 aromatic heterocycles. The van der Waals surface area contributed by atoms with E-state index in [1.54, 1.807) is 42.6 Å². The Bertz CT molecular complexity index is 1270. The minimum atomic E-state index is -3.85. The lowest BCUT2D eigenvalue weighted by Crippen LogP contribution is -2.48. The third kappa shape index (κ3) is 3.80. The number of nitro benzene ring substituents is 1. The zero-order valence-electron chi connectivity index (χ0n) is 17.6. The predicted molar refractivity (Wildman–Crippen MR) is 119 cm³/mol. The molecule has 0 bridgehead atoms. The molecule has 0 spiro atoms. The third-order valence-corrected chi connectivity index (χ3v) is 7.41. The van der Waals surface area contributed by atoms with Crippen molar-refractivity contribution in [3.63, 3.8) is 0 Å². The number of rotatable bonds is 6. The number of piperazine rings is 1. The number of anilines is 1. The Morgan fingerprint density at radius 1 is 1.03 bits per heavy atom. The molecular weight excluding hydrogens is 436 g/mol. The molecule has 0 amide bonds. The molecule has 1 saturated heterocycles. The van der Waals surface area contributed by atoms with E-state index in [0.717, 1.165) is 0 Å². The summed E-state index contributed by atoms with van der Waals surface area (Å²) in [6, 6.07) is 11.3. The Balaban J connectivity index is 1.62. The van der Waals surface area contributed by atoms with Crippen molar-refractivity contribution in [3.8, 4) is 11.5 Å². The van der Waals surface area contributed by atoms with Crippen LogP contribution in [0.15, 0.2) is 53.6 Å². The van der Waals surface area contributed by atoms with Gasteiger partial charge in [-0.05, 0) is 36.4 Å². The van der Waals surface area contributed by atoms with E-state index in [1.165, 1.54) is 24.6 Å². The Kier molecular flexibility index (Phi) is 5.85. The van der Waals surface area contributed by atoms with Crippen molar-refractivity contribution in [2.45, 2.75) is 4.90 Å². The van der Waals surface area contributed by atoms with Crippen LogP contribution in [0.1, 0.15) is 0 Å². The summed E-state index contributed by atoms with van der Waals surface area (Å²) >= 11 is 0. The quantitative estimate of drug-likeness (QED) is 0.409. The van der Waals surface area contributed by atoms with Gasteiger partial charge in [-0.2, -0.15) is 4.31 Å². The van der Waals surface area contributed by atoms with Crippen molar-refractivity contribution in [1.29, 1.82) is 0 Å². The van der Waals surface area contributed by atoms with Gasteiger partial charge >= 0.3 is 5.69 Å². The van der Waals surface area contributed by atoms with E-state index < -0.39 is 14.9 Å². The fourth-order valence-corrected chi connectivity index (χ4v) is 5.46. The lowest BCUT2D eigenvalue weighted by Gasteiger charge is -2.35. The topological polar surface area (TPSA) is 115 Å². The summed E-state index contributed by atoms with van der Waals surface area (Å²) in [5.41, 5.74) is 0.960. The van der Waals surface area contributed by atoms with Gasteiger partial charge in [0.15, 0.2) is 0 Å². The van der Waals surface area contributed by atoms with Crippen LogP contribution in [0.25, 0.3) is 10.9 Å². The van der Waals surface area contributed by atoms with Gasteiger partial charge in [0.05, 0.1) is 30.0 Å². The molecule has 1 fully saturated rings. The van der Waals surface area contributed by atoms with Crippen LogP contribution in [0.4, 0.5) is 11.4 Å². The molecule has 0 N–H and O–H groups in total. The Hall–Kier alpha value is -3.44. The van der Waals surface area contributed by atoms with E-state index in [1.807, 2.05) is 4.90 Å². The SMILES string of the molecule is COc1ccc(OC)c(S(=O)(=O)N2CCN(c3ccc4ncccc4c3[N+](=O)[O-])CC2)c1.